The Hall–Kier alpha value is -2.60. The molecule has 0 bridgehead atoms. The number of amides is 1. The first-order valence-electron chi connectivity index (χ1n) is 10.6. The molecule has 0 aliphatic heterocycles. The van der Waals surface area contributed by atoms with Gasteiger partial charge in [0.15, 0.2) is 5.16 Å². The quantitative estimate of drug-likeness (QED) is 0.493. The Labute approximate surface area is 182 Å². The van der Waals surface area contributed by atoms with Crippen LogP contribution in [0.1, 0.15) is 49.1 Å². The Morgan fingerprint density at radius 3 is 2.40 bits per heavy atom. The largest absolute Gasteiger partial charge is 0.353 e. The van der Waals surface area contributed by atoms with Crippen LogP contribution in [-0.4, -0.2) is 32.5 Å². The Morgan fingerprint density at radius 1 is 1.07 bits per heavy atom. The van der Waals surface area contributed by atoms with Gasteiger partial charge in [0, 0.05) is 12.0 Å². The SMILES string of the molecule is CC(CCc1ccccc1)NC(=O)CSc1nnc(C2CC2)n1Cc1ccccc1. The molecule has 6 heteroatoms. The minimum absolute atomic E-state index is 0.0443. The van der Waals surface area contributed by atoms with E-state index in [2.05, 4.69) is 63.4 Å². The van der Waals surface area contributed by atoms with E-state index in [0.717, 1.165) is 30.4 Å². The topological polar surface area (TPSA) is 59.8 Å². The van der Waals surface area contributed by atoms with Crippen LogP contribution < -0.4 is 5.32 Å². The molecule has 0 spiro atoms. The summed E-state index contributed by atoms with van der Waals surface area (Å²) in [5, 5.41) is 12.8. The van der Waals surface area contributed by atoms with E-state index < -0.39 is 0 Å². The first kappa shape index (κ1) is 20.7. The van der Waals surface area contributed by atoms with E-state index in [0.29, 0.717) is 11.7 Å². The highest BCUT2D eigenvalue weighted by atomic mass is 32.2. The maximum absolute atomic E-state index is 12.5. The van der Waals surface area contributed by atoms with Crippen molar-refractivity contribution in [1.82, 2.24) is 20.1 Å². The van der Waals surface area contributed by atoms with Gasteiger partial charge in [-0.1, -0.05) is 72.4 Å². The van der Waals surface area contributed by atoms with Crippen LogP contribution in [-0.2, 0) is 17.8 Å². The van der Waals surface area contributed by atoms with Crippen LogP contribution in [0.25, 0.3) is 0 Å². The Morgan fingerprint density at radius 2 is 1.73 bits per heavy atom. The number of aryl methyl sites for hydroxylation is 1. The van der Waals surface area contributed by atoms with Crippen molar-refractivity contribution in [1.29, 1.82) is 0 Å². The molecule has 3 aromatic rings. The summed E-state index contributed by atoms with van der Waals surface area (Å²) < 4.78 is 2.18. The highest BCUT2D eigenvalue weighted by Gasteiger charge is 2.30. The van der Waals surface area contributed by atoms with E-state index >= 15 is 0 Å². The maximum Gasteiger partial charge on any atom is 0.230 e. The molecule has 30 heavy (non-hydrogen) atoms. The normalized spacial score (nSPS) is 14.4. The summed E-state index contributed by atoms with van der Waals surface area (Å²) in [5.41, 5.74) is 2.52. The molecular formula is C24H28N4OS. The second-order valence-corrected chi connectivity index (χ2v) is 8.91. The number of thioether (sulfide) groups is 1. The summed E-state index contributed by atoms with van der Waals surface area (Å²) in [6.45, 7) is 2.81. The third-order valence-electron chi connectivity index (χ3n) is 5.32. The molecule has 1 saturated carbocycles. The van der Waals surface area contributed by atoms with Gasteiger partial charge in [-0.25, -0.2) is 0 Å². The average molecular weight is 421 g/mol. The molecule has 156 valence electrons. The molecule has 1 N–H and O–H groups in total. The van der Waals surface area contributed by atoms with Gasteiger partial charge in [-0.2, -0.15) is 0 Å². The lowest BCUT2D eigenvalue weighted by atomic mass is 10.1. The number of hydrogen-bond donors (Lipinski definition) is 1. The zero-order valence-corrected chi connectivity index (χ0v) is 18.1. The van der Waals surface area contributed by atoms with E-state index in [9.17, 15) is 4.79 Å². The number of benzene rings is 2. The minimum Gasteiger partial charge on any atom is -0.353 e. The van der Waals surface area contributed by atoms with Crippen molar-refractivity contribution in [2.24, 2.45) is 0 Å². The summed E-state index contributed by atoms with van der Waals surface area (Å²) in [6.07, 6.45) is 4.25. The number of rotatable bonds is 10. The van der Waals surface area contributed by atoms with Crippen molar-refractivity contribution in [3.63, 3.8) is 0 Å². The fourth-order valence-electron chi connectivity index (χ4n) is 3.51. The molecule has 1 heterocycles. The summed E-state index contributed by atoms with van der Waals surface area (Å²) in [5.74, 6) is 1.97. The van der Waals surface area contributed by atoms with Crippen LogP contribution in [0.5, 0.6) is 0 Å². The lowest BCUT2D eigenvalue weighted by Gasteiger charge is -2.14. The predicted octanol–water partition coefficient (Wildman–Crippen LogP) is 4.43. The van der Waals surface area contributed by atoms with Gasteiger partial charge in [-0.3, -0.25) is 4.79 Å². The molecule has 0 saturated heterocycles. The summed E-state index contributed by atoms with van der Waals surface area (Å²) in [4.78, 5) is 12.5. The van der Waals surface area contributed by atoms with Gasteiger partial charge in [-0.05, 0) is 43.7 Å². The van der Waals surface area contributed by atoms with E-state index in [-0.39, 0.29) is 11.9 Å². The number of nitrogens with zero attached hydrogens (tertiary/aromatic N) is 3. The van der Waals surface area contributed by atoms with E-state index in [1.807, 2.05) is 24.3 Å². The van der Waals surface area contributed by atoms with Crippen molar-refractivity contribution in [3.05, 3.63) is 77.6 Å². The summed E-state index contributed by atoms with van der Waals surface area (Å²) >= 11 is 1.47. The van der Waals surface area contributed by atoms with Crippen molar-refractivity contribution < 1.29 is 4.79 Å². The lowest BCUT2D eigenvalue weighted by Crippen LogP contribution is -2.34. The molecule has 4 rings (SSSR count). The Bertz CT molecular complexity index is 954. The Balaban J connectivity index is 1.31. The van der Waals surface area contributed by atoms with Gasteiger partial charge >= 0.3 is 0 Å². The van der Waals surface area contributed by atoms with Crippen LogP contribution in [0, 0.1) is 0 Å². The molecule has 2 aromatic carbocycles. The van der Waals surface area contributed by atoms with Crippen LogP contribution >= 0.6 is 11.8 Å². The molecule has 5 nitrogen and oxygen atoms in total. The highest BCUT2D eigenvalue weighted by Crippen LogP contribution is 2.40. The highest BCUT2D eigenvalue weighted by molar-refractivity contribution is 7.99. The predicted molar refractivity (Wildman–Crippen MR) is 121 cm³/mol. The molecule has 1 aromatic heterocycles. The molecule has 1 amide bonds. The fraction of sp³-hybridized carbons (Fsp3) is 0.375. The first-order chi connectivity index (χ1) is 14.7. The third-order valence-corrected chi connectivity index (χ3v) is 6.29. The number of carbonyl (C=O) groups excluding carboxylic acids is 1. The molecule has 1 aliphatic carbocycles. The molecule has 1 atom stereocenters. The van der Waals surface area contributed by atoms with E-state index in [1.165, 1.54) is 35.7 Å². The second kappa shape index (κ2) is 9.94. The number of hydrogen-bond acceptors (Lipinski definition) is 4. The number of aromatic nitrogens is 3. The fourth-order valence-corrected chi connectivity index (χ4v) is 4.27. The van der Waals surface area contributed by atoms with Gasteiger partial charge in [0.2, 0.25) is 5.91 Å². The zero-order chi connectivity index (χ0) is 20.8. The second-order valence-electron chi connectivity index (χ2n) is 7.97. The summed E-state index contributed by atoms with van der Waals surface area (Å²) in [6, 6.07) is 20.9. The molecule has 0 radical (unpaired) electrons. The van der Waals surface area contributed by atoms with E-state index in [4.69, 9.17) is 0 Å². The van der Waals surface area contributed by atoms with Gasteiger partial charge in [0.25, 0.3) is 0 Å². The number of carbonyl (C=O) groups is 1. The van der Waals surface area contributed by atoms with Gasteiger partial charge < -0.3 is 9.88 Å². The van der Waals surface area contributed by atoms with Crippen molar-refractivity contribution in [3.8, 4) is 0 Å². The van der Waals surface area contributed by atoms with Crippen LogP contribution in [0.15, 0.2) is 65.8 Å². The van der Waals surface area contributed by atoms with Crippen molar-refractivity contribution >= 4 is 17.7 Å². The van der Waals surface area contributed by atoms with Crippen LogP contribution in [0.3, 0.4) is 0 Å². The van der Waals surface area contributed by atoms with Crippen LogP contribution in [0.4, 0.5) is 0 Å². The van der Waals surface area contributed by atoms with Gasteiger partial charge in [0.05, 0.1) is 12.3 Å². The smallest absolute Gasteiger partial charge is 0.230 e. The molecule has 1 aliphatic rings. The minimum atomic E-state index is 0.0443. The average Bonchev–Trinajstić information content (AvgIpc) is 3.54. The van der Waals surface area contributed by atoms with Crippen molar-refractivity contribution in [2.75, 3.05) is 5.75 Å². The van der Waals surface area contributed by atoms with Crippen molar-refractivity contribution in [2.45, 2.75) is 56.3 Å². The first-order valence-corrected chi connectivity index (χ1v) is 11.6. The number of nitrogens with one attached hydrogen (secondary N) is 1. The van der Waals surface area contributed by atoms with Crippen LogP contribution in [0.2, 0.25) is 0 Å². The maximum atomic E-state index is 12.5. The zero-order valence-electron chi connectivity index (χ0n) is 17.3. The summed E-state index contributed by atoms with van der Waals surface area (Å²) in [7, 11) is 0. The molecular weight excluding hydrogens is 392 g/mol. The monoisotopic (exact) mass is 420 g/mol. The standard InChI is InChI=1S/C24H28N4OS/c1-18(12-13-19-8-4-2-5-9-19)25-22(29)17-30-24-27-26-23(21-14-15-21)28(24)16-20-10-6-3-7-11-20/h2-11,18,21H,12-17H2,1H3,(H,25,29). The molecule has 1 unspecified atom stereocenters. The molecule has 1 fully saturated rings. The van der Waals surface area contributed by atoms with Gasteiger partial charge in [-0.15, -0.1) is 10.2 Å². The third kappa shape index (κ3) is 5.72. The van der Waals surface area contributed by atoms with E-state index in [1.54, 1.807) is 0 Å². The lowest BCUT2D eigenvalue weighted by molar-refractivity contribution is -0.119. The van der Waals surface area contributed by atoms with Gasteiger partial charge in [0.1, 0.15) is 5.82 Å². The Kier molecular flexibility index (Phi) is 6.84.